The first kappa shape index (κ1) is 21.0. The summed E-state index contributed by atoms with van der Waals surface area (Å²) in [6.07, 6.45) is 0. The van der Waals surface area contributed by atoms with Crippen LogP contribution in [-0.2, 0) is 4.79 Å². The summed E-state index contributed by atoms with van der Waals surface area (Å²) in [4.78, 5) is 12.0. The van der Waals surface area contributed by atoms with E-state index in [2.05, 4.69) is 24.5 Å². The Morgan fingerprint density at radius 2 is 1.96 bits per heavy atom. The van der Waals surface area contributed by atoms with Crippen molar-refractivity contribution >= 4 is 40.5 Å². The number of aryl methyl sites for hydroxylation is 1. The van der Waals surface area contributed by atoms with E-state index in [0.29, 0.717) is 28.1 Å². The van der Waals surface area contributed by atoms with E-state index in [1.807, 2.05) is 25.1 Å². The van der Waals surface area contributed by atoms with Crippen molar-refractivity contribution in [3.63, 3.8) is 0 Å². The van der Waals surface area contributed by atoms with Crippen molar-refractivity contribution in [1.29, 1.82) is 0 Å². The second kappa shape index (κ2) is 9.58. The number of hydrogen-bond acceptors (Lipinski definition) is 4. The first-order chi connectivity index (χ1) is 12.8. The Kier molecular flexibility index (Phi) is 7.45. The van der Waals surface area contributed by atoms with Crippen LogP contribution in [0.25, 0.3) is 0 Å². The van der Waals surface area contributed by atoms with Crippen molar-refractivity contribution in [2.45, 2.75) is 26.7 Å². The van der Waals surface area contributed by atoms with E-state index in [9.17, 15) is 4.79 Å². The number of carbonyl (C=O) groups is 1. The smallest absolute Gasteiger partial charge is 0.264 e. The topological polar surface area (TPSA) is 59.6 Å². The Bertz CT molecular complexity index is 840. The Labute approximate surface area is 170 Å². The summed E-state index contributed by atoms with van der Waals surface area (Å²) in [5.41, 5.74) is 3.04. The number of carbonyl (C=O) groups excluding carboxylic acids is 1. The summed E-state index contributed by atoms with van der Waals surface area (Å²) in [5.74, 6) is 1.30. The van der Waals surface area contributed by atoms with Gasteiger partial charge in [0.1, 0.15) is 11.5 Å². The van der Waals surface area contributed by atoms with E-state index in [1.165, 1.54) is 12.7 Å². The van der Waals surface area contributed by atoms with Gasteiger partial charge in [0.05, 0.1) is 12.1 Å². The van der Waals surface area contributed by atoms with E-state index in [-0.39, 0.29) is 17.6 Å². The van der Waals surface area contributed by atoms with Gasteiger partial charge in [0, 0.05) is 5.69 Å². The number of anilines is 1. The first-order valence-corrected chi connectivity index (χ1v) is 9.26. The fourth-order valence-corrected chi connectivity index (χ4v) is 3.09. The summed E-state index contributed by atoms with van der Waals surface area (Å²) in [6, 6.07) is 10.9. The highest BCUT2D eigenvalue weighted by atomic mass is 35.5. The predicted octanol–water partition coefficient (Wildman–Crippen LogP) is 4.67. The van der Waals surface area contributed by atoms with Gasteiger partial charge in [0.2, 0.25) is 0 Å². The lowest BCUT2D eigenvalue weighted by Crippen LogP contribution is -2.37. The molecule has 0 atom stereocenters. The molecule has 144 valence electrons. The molecule has 0 aliphatic carbocycles. The van der Waals surface area contributed by atoms with Crippen molar-refractivity contribution < 1.29 is 14.3 Å². The maximum absolute atomic E-state index is 12.0. The Morgan fingerprint density at radius 1 is 1.22 bits per heavy atom. The van der Waals surface area contributed by atoms with Gasteiger partial charge < -0.3 is 14.8 Å². The van der Waals surface area contributed by atoms with E-state index in [1.54, 1.807) is 18.2 Å². The Hall–Kier alpha value is -2.31. The van der Waals surface area contributed by atoms with Crippen LogP contribution in [0.2, 0.25) is 5.02 Å². The number of rotatable bonds is 6. The lowest BCUT2D eigenvalue weighted by molar-refractivity contribution is -0.121. The van der Waals surface area contributed by atoms with Crippen molar-refractivity contribution in [3.8, 4) is 11.5 Å². The number of amides is 1. The molecule has 0 aliphatic rings. The lowest BCUT2D eigenvalue weighted by Gasteiger charge is -2.13. The van der Waals surface area contributed by atoms with Gasteiger partial charge in [-0.3, -0.25) is 10.1 Å². The van der Waals surface area contributed by atoms with Crippen molar-refractivity contribution in [2.75, 3.05) is 19.0 Å². The van der Waals surface area contributed by atoms with Crippen molar-refractivity contribution in [3.05, 3.63) is 52.5 Å². The van der Waals surface area contributed by atoms with E-state index >= 15 is 0 Å². The molecule has 2 aromatic rings. The van der Waals surface area contributed by atoms with Crippen LogP contribution >= 0.6 is 23.8 Å². The SMILES string of the molecule is COc1ccc(NC(=S)NC(=O)COc2ccc(C(C)C)c(C)c2)cc1Cl. The zero-order valence-corrected chi connectivity index (χ0v) is 17.3. The van der Waals surface area contributed by atoms with Gasteiger partial charge in [0.15, 0.2) is 11.7 Å². The van der Waals surface area contributed by atoms with E-state index in [0.717, 1.165) is 5.56 Å². The molecule has 0 bridgehead atoms. The third kappa shape index (κ3) is 6.12. The molecule has 5 nitrogen and oxygen atoms in total. The van der Waals surface area contributed by atoms with E-state index < -0.39 is 0 Å². The third-order valence-corrected chi connectivity index (χ3v) is 4.40. The Morgan fingerprint density at radius 3 is 2.56 bits per heavy atom. The maximum atomic E-state index is 12.0. The molecule has 0 unspecified atom stereocenters. The van der Waals surface area contributed by atoms with Gasteiger partial charge in [-0.05, 0) is 66.5 Å². The van der Waals surface area contributed by atoms with Gasteiger partial charge >= 0.3 is 0 Å². The molecule has 7 heteroatoms. The van der Waals surface area contributed by atoms with Crippen LogP contribution in [0, 0.1) is 6.92 Å². The quantitative estimate of drug-likeness (QED) is 0.682. The largest absolute Gasteiger partial charge is 0.495 e. The van der Waals surface area contributed by atoms with E-state index in [4.69, 9.17) is 33.3 Å². The minimum atomic E-state index is -0.349. The normalized spacial score (nSPS) is 10.4. The molecule has 0 fully saturated rings. The summed E-state index contributed by atoms with van der Waals surface area (Å²) < 4.78 is 10.6. The van der Waals surface area contributed by atoms with Gasteiger partial charge in [-0.15, -0.1) is 0 Å². The molecular formula is C20H23ClN2O3S. The molecule has 2 rings (SSSR count). The molecule has 2 N–H and O–H groups in total. The zero-order valence-electron chi connectivity index (χ0n) is 15.8. The highest BCUT2D eigenvalue weighted by Gasteiger charge is 2.09. The monoisotopic (exact) mass is 406 g/mol. The van der Waals surface area contributed by atoms with Crippen LogP contribution in [0.5, 0.6) is 11.5 Å². The van der Waals surface area contributed by atoms with Crippen LogP contribution < -0.4 is 20.1 Å². The Balaban J connectivity index is 1.85. The maximum Gasteiger partial charge on any atom is 0.264 e. The van der Waals surface area contributed by atoms with Crippen molar-refractivity contribution in [2.24, 2.45) is 0 Å². The number of thiocarbonyl (C=S) groups is 1. The average Bonchev–Trinajstić information content (AvgIpc) is 2.59. The minimum absolute atomic E-state index is 0.133. The first-order valence-electron chi connectivity index (χ1n) is 8.48. The minimum Gasteiger partial charge on any atom is -0.495 e. The summed E-state index contributed by atoms with van der Waals surface area (Å²) in [6.45, 7) is 6.17. The third-order valence-electron chi connectivity index (χ3n) is 3.90. The molecule has 1 amide bonds. The molecule has 27 heavy (non-hydrogen) atoms. The number of hydrogen-bond donors (Lipinski definition) is 2. The summed E-state index contributed by atoms with van der Waals surface area (Å²) in [5, 5.41) is 6.08. The fraction of sp³-hybridized carbons (Fsp3) is 0.300. The van der Waals surface area contributed by atoms with Crippen LogP contribution in [0.15, 0.2) is 36.4 Å². The molecule has 0 saturated heterocycles. The van der Waals surface area contributed by atoms with Gasteiger partial charge in [-0.2, -0.15) is 0 Å². The number of methoxy groups -OCH3 is 1. The molecule has 0 saturated carbocycles. The second-order valence-corrected chi connectivity index (χ2v) is 7.13. The summed E-state index contributed by atoms with van der Waals surface area (Å²) >= 11 is 11.2. The standard InChI is InChI=1S/C20H23ClN2O3S/c1-12(2)16-7-6-15(9-13(16)3)26-11-19(24)23-20(27)22-14-5-8-18(25-4)17(21)10-14/h5-10,12H,11H2,1-4H3,(H2,22,23,24,27). The van der Waals surface area contributed by atoms with Crippen molar-refractivity contribution in [1.82, 2.24) is 5.32 Å². The lowest BCUT2D eigenvalue weighted by atomic mass is 9.98. The number of benzene rings is 2. The summed E-state index contributed by atoms with van der Waals surface area (Å²) in [7, 11) is 1.54. The zero-order chi connectivity index (χ0) is 20.0. The molecule has 0 spiro atoms. The highest BCUT2D eigenvalue weighted by molar-refractivity contribution is 7.80. The number of halogens is 1. The highest BCUT2D eigenvalue weighted by Crippen LogP contribution is 2.27. The second-order valence-electron chi connectivity index (χ2n) is 6.31. The van der Waals surface area contributed by atoms with Crippen LogP contribution in [0.4, 0.5) is 5.69 Å². The molecule has 0 aromatic heterocycles. The molecule has 0 radical (unpaired) electrons. The predicted molar refractivity (Wildman–Crippen MR) is 113 cm³/mol. The molecular weight excluding hydrogens is 384 g/mol. The number of nitrogens with one attached hydrogen (secondary N) is 2. The molecule has 2 aromatic carbocycles. The van der Waals surface area contributed by atoms with Gasteiger partial charge in [0.25, 0.3) is 5.91 Å². The average molecular weight is 407 g/mol. The molecule has 0 aliphatic heterocycles. The van der Waals surface area contributed by atoms with Crippen LogP contribution in [-0.4, -0.2) is 24.7 Å². The van der Waals surface area contributed by atoms with Crippen LogP contribution in [0.3, 0.4) is 0 Å². The fourth-order valence-electron chi connectivity index (χ4n) is 2.60. The van der Waals surface area contributed by atoms with Gasteiger partial charge in [-0.1, -0.05) is 31.5 Å². The van der Waals surface area contributed by atoms with Gasteiger partial charge in [-0.25, -0.2) is 0 Å². The van der Waals surface area contributed by atoms with Crippen LogP contribution in [0.1, 0.15) is 30.9 Å². The number of ether oxygens (including phenoxy) is 2. The molecule has 0 heterocycles.